The summed E-state index contributed by atoms with van der Waals surface area (Å²) < 4.78 is 62.4. The molecule has 0 unspecified atom stereocenters. The molecule has 2 amide bonds. The van der Waals surface area contributed by atoms with Gasteiger partial charge in [-0.1, -0.05) is 18.2 Å². The molecule has 220 valence electrons. The number of amides is 2. The highest BCUT2D eigenvalue weighted by atomic mass is 35.5. The molecule has 2 heterocycles. The number of carbonyl (C=O) groups is 2. The van der Waals surface area contributed by atoms with Crippen LogP contribution in [0.5, 0.6) is 0 Å². The molecule has 1 aliphatic heterocycles. The Morgan fingerprint density at radius 2 is 1.95 bits per heavy atom. The van der Waals surface area contributed by atoms with Crippen LogP contribution in [-0.4, -0.2) is 51.8 Å². The van der Waals surface area contributed by atoms with Gasteiger partial charge in [0.15, 0.2) is 0 Å². The Morgan fingerprint density at radius 3 is 2.55 bits per heavy atom. The molecule has 1 saturated heterocycles. The average molecular weight is 608 g/mol. The normalized spacial score (nSPS) is 19.7. The van der Waals surface area contributed by atoms with Gasteiger partial charge in [0.05, 0.1) is 30.1 Å². The first-order valence-electron chi connectivity index (χ1n) is 12.5. The number of aromatic nitrogens is 2. The molecular formula is C26H31Cl2F4N5O3. The van der Waals surface area contributed by atoms with Crippen LogP contribution in [0.2, 0.25) is 5.02 Å². The van der Waals surface area contributed by atoms with Gasteiger partial charge in [0.1, 0.15) is 18.1 Å². The average Bonchev–Trinajstić information content (AvgIpc) is 3.46. The molecular weight excluding hydrogens is 577 g/mol. The van der Waals surface area contributed by atoms with Crippen LogP contribution in [0.25, 0.3) is 0 Å². The molecule has 1 aromatic heterocycles. The first-order chi connectivity index (χ1) is 18.3. The Morgan fingerprint density at radius 1 is 1.27 bits per heavy atom. The number of nitrogens with one attached hydrogen (secondary N) is 1. The maximum atomic E-state index is 14.5. The number of alkyl halides is 3. The summed E-state index contributed by atoms with van der Waals surface area (Å²) in [5.41, 5.74) is 5.28. The first-order valence-corrected chi connectivity index (χ1v) is 12.9. The Kier molecular flexibility index (Phi) is 9.79. The van der Waals surface area contributed by atoms with E-state index in [2.05, 4.69) is 17.0 Å². The zero-order valence-electron chi connectivity index (χ0n) is 21.9. The Hall–Kier alpha value is -2.83. The van der Waals surface area contributed by atoms with Gasteiger partial charge in [0, 0.05) is 23.5 Å². The van der Waals surface area contributed by atoms with Crippen LogP contribution in [0.15, 0.2) is 30.5 Å². The molecule has 2 aliphatic rings. The summed E-state index contributed by atoms with van der Waals surface area (Å²) in [6, 6.07) is 2.09. The third-order valence-electron chi connectivity index (χ3n) is 6.83. The van der Waals surface area contributed by atoms with E-state index in [0.717, 1.165) is 18.9 Å². The lowest BCUT2D eigenvalue weighted by atomic mass is 9.99. The summed E-state index contributed by atoms with van der Waals surface area (Å²) in [7, 11) is 0. The Bertz CT molecular complexity index is 1280. The van der Waals surface area contributed by atoms with Crippen LogP contribution in [0.1, 0.15) is 60.7 Å². The van der Waals surface area contributed by atoms with Crippen LogP contribution in [0.4, 0.5) is 17.6 Å². The fourth-order valence-electron chi connectivity index (χ4n) is 4.76. The molecule has 1 aliphatic carbocycles. The molecule has 0 bridgehead atoms. The number of hydrogen-bond acceptors (Lipinski definition) is 5. The van der Waals surface area contributed by atoms with E-state index in [1.807, 2.05) is 0 Å². The number of likely N-dealkylation sites (tertiary alicyclic amines) is 1. The van der Waals surface area contributed by atoms with Crippen molar-refractivity contribution in [2.75, 3.05) is 13.2 Å². The predicted octanol–water partition coefficient (Wildman–Crippen LogP) is 4.64. The minimum Gasteiger partial charge on any atom is -0.395 e. The number of ether oxygens (including phenoxy) is 1. The topological polar surface area (TPSA) is 102 Å². The van der Waals surface area contributed by atoms with E-state index in [9.17, 15) is 27.2 Å². The fraction of sp³-hybridized carbons (Fsp3) is 0.500. The SMILES string of the molecule is C=C(N)C(=O)N[C@H](C)CO[C@@H]1CCN(C(=O)Cn2nc(C3CC3)cc2C(F)(F)F)[C@@H]1c1cc(F)cc(C)c1Cl.Cl. The third-order valence-corrected chi connectivity index (χ3v) is 7.34. The largest absolute Gasteiger partial charge is 0.433 e. The quantitative estimate of drug-likeness (QED) is 0.319. The lowest BCUT2D eigenvalue weighted by Crippen LogP contribution is -2.40. The Balaban J connectivity index is 0.00000441. The monoisotopic (exact) mass is 607 g/mol. The molecule has 0 radical (unpaired) electrons. The van der Waals surface area contributed by atoms with Gasteiger partial charge in [-0.2, -0.15) is 18.3 Å². The van der Waals surface area contributed by atoms with Crippen molar-refractivity contribution in [2.45, 2.75) is 69.9 Å². The second-order valence-corrected chi connectivity index (χ2v) is 10.5. The Labute approximate surface area is 240 Å². The summed E-state index contributed by atoms with van der Waals surface area (Å²) in [6.07, 6.45) is -3.54. The summed E-state index contributed by atoms with van der Waals surface area (Å²) in [6.45, 7) is 6.18. The number of aryl methyl sites for hydroxylation is 1. The lowest BCUT2D eigenvalue weighted by Gasteiger charge is -2.30. The second-order valence-electron chi connectivity index (χ2n) is 10.1. The highest BCUT2D eigenvalue weighted by Gasteiger charge is 2.43. The minimum atomic E-state index is -4.69. The van der Waals surface area contributed by atoms with Crippen LogP contribution < -0.4 is 11.1 Å². The summed E-state index contributed by atoms with van der Waals surface area (Å²) in [5, 5.41) is 6.93. The maximum absolute atomic E-state index is 14.5. The van der Waals surface area contributed by atoms with E-state index >= 15 is 0 Å². The van der Waals surface area contributed by atoms with Gasteiger partial charge >= 0.3 is 6.18 Å². The van der Waals surface area contributed by atoms with Gasteiger partial charge in [0.2, 0.25) is 5.91 Å². The van der Waals surface area contributed by atoms with Crippen molar-refractivity contribution in [2.24, 2.45) is 5.73 Å². The third kappa shape index (κ3) is 7.08. The van der Waals surface area contributed by atoms with Gasteiger partial charge in [-0.3, -0.25) is 14.3 Å². The summed E-state index contributed by atoms with van der Waals surface area (Å²) >= 11 is 6.53. The highest BCUT2D eigenvalue weighted by molar-refractivity contribution is 6.32. The van der Waals surface area contributed by atoms with Crippen LogP contribution in [0.3, 0.4) is 0 Å². The molecule has 14 heteroatoms. The van der Waals surface area contributed by atoms with Crippen molar-refractivity contribution in [1.82, 2.24) is 20.0 Å². The van der Waals surface area contributed by atoms with Gasteiger partial charge < -0.3 is 20.7 Å². The van der Waals surface area contributed by atoms with Crippen LogP contribution in [-0.2, 0) is 27.0 Å². The van der Waals surface area contributed by atoms with Gasteiger partial charge in [-0.05, 0) is 62.4 Å². The molecule has 2 aromatic rings. The van der Waals surface area contributed by atoms with Crippen molar-refractivity contribution < 1.29 is 31.9 Å². The van der Waals surface area contributed by atoms with E-state index in [1.54, 1.807) is 13.8 Å². The number of carbonyl (C=O) groups excluding carboxylic acids is 2. The smallest absolute Gasteiger partial charge is 0.395 e. The molecule has 0 spiro atoms. The standard InChI is InChI=1S/C26H30ClF4N5O3.ClH/c1-13-8-17(28)9-18(23(13)27)24-20(39-12-14(2)33-25(38)15(3)32)6-7-35(24)22(37)11-36-21(26(29,30)31)10-19(34-36)16-4-5-16;/h8-10,14,16,20,24H,3-7,11-12,32H2,1-2H3,(H,33,38);1H/t14-,20-,24-;/m1./s1. The van der Waals surface area contributed by atoms with Crippen LogP contribution in [0, 0.1) is 12.7 Å². The second kappa shape index (κ2) is 12.4. The number of halogens is 6. The van der Waals surface area contributed by atoms with Crippen LogP contribution >= 0.6 is 24.0 Å². The minimum absolute atomic E-state index is 0. The zero-order chi connectivity index (χ0) is 28.6. The maximum Gasteiger partial charge on any atom is 0.433 e. The molecule has 3 atom stereocenters. The van der Waals surface area contributed by atoms with Gasteiger partial charge in [-0.25, -0.2) is 4.39 Å². The number of benzene rings is 1. The number of hydrogen-bond donors (Lipinski definition) is 2. The summed E-state index contributed by atoms with van der Waals surface area (Å²) in [4.78, 5) is 26.7. The highest BCUT2D eigenvalue weighted by Crippen LogP contribution is 2.42. The van der Waals surface area contributed by atoms with Crippen molar-refractivity contribution in [1.29, 1.82) is 0 Å². The van der Waals surface area contributed by atoms with E-state index in [-0.39, 0.29) is 47.8 Å². The molecule has 1 saturated carbocycles. The lowest BCUT2D eigenvalue weighted by molar-refractivity contribution is -0.146. The number of nitrogens with zero attached hydrogens (tertiary/aromatic N) is 3. The van der Waals surface area contributed by atoms with Crippen molar-refractivity contribution >= 4 is 35.8 Å². The van der Waals surface area contributed by atoms with E-state index < -0.39 is 54.2 Å². The first kappa shape index (κ1) is 31.7. The zero-order valence-corrected chi connectivity index (χ0v) is 23.5. The number of nitrogens with two attached hydrogens (primary N) is 1. The van der Waals surface area contributed by atoms with E-state index in [1.165, 1.54) is 17.0 Å². The van der Waals surface area contributed by atoms with E-state index in [0.29, 0.717) is 22.4 Å². The fourth-order valence-corrected chi connectivity index (χ4v) is 4.98. The van der Waals surface area contributed by atoms with Gasteiger partial charge in [-0.15, -0.1) is 12.4 Å². The number of rotatable bonds is 9. The summed E-state index contributed by atoms with van der Waals surface area (Å²) in [5.74, 6) is -1.80. The van der Waals surface area contributed by atoms with Gasteiger partial charge in [0.25, 0.3) is 5.91 Å². The molecule has 8 nitrogen and oxygen atoms in total. The molecule has 1 aromatic carbocycles. The van der Waals surface area contributed by atoms with E-state index in [4.69, 9.17) is 22.1 Å². The molecule has 2 fully saturated rings. The predicted molar refractivity (Wildman–Crippen MR) is 142 cm³/mol. The van der Waals surface area contributed by atoms with Crippen molar-refractivity contribution in [3.63, 3.8) is 0 Å². The van der Waals surface area contributed by atoms with Crippen molar-refractivity contribution in [3.8, 4) is 0 Å². The molecule has 4 rings (SSSR count). The molecule has 40 heavy (non-hydrogen) atoms. The van der Waals surface area contributed by atoms with Crippen molar-refractivity contribution in [3.05, 3.63) is 63.8 Å². The molecule has 3 N–H and O–H groups in total.